The standard InChI is InChI=1S/C9H16N2O2/c1-11-8(9(12)13-2)6-4-3-5-7(6)10-11/h6-8,10H,3-5H2,1-2H3. The summed E-state index contributed by atoms with van der Waals surface area (Å²) in [4.78, 5) is 11.5. The van der Waals surface area contributed by atoms with Gasteiger partial charge in [0.2, 0.25) is 0 Å². The number of fused-ring (bicyclic) bond motifs is 1. The molecule has 0 aromatic heterocycles. The van der Waals surface area contributed by atoms with Crippen molar-refractivity contribution in [2.75, 3.05) is 14.2 Å². The van der Waals surface area contributed by atoms with E-state index in [1.54, 1.807) is 0 Å². The van der Waals surface area contributed by atoms with E-state index in [4.69, 9.17) is 4.74 Å². The van der Waals surface area contributed by atoms with E-state index in [2.05, 4.69) is 5.43 Å². The second-order valence-corrected chi connectivity index (χ2v) is 3.91. The number of hydrogen-bond donors (Lipinski definition) is 1. The maximum atomic E-state index is 11.5. The van der Waals surface area contributed by atoms with Crippen LogP contribution in [0.1, 0.15) is 19.3 Å². The number of esters is 1. The molecule has 1 heterocycles. The fraction of sp³-hybridized carbons (Fsp3) is 0.889. The molecule has 4 heteroatoms. The predicted molar refractivity (Wildman–Crippen MR) is 47.8 cm³/mol. The zero-order valence-electron chi connectivity index (χ0n) is 8.12. The van der Waals surface area contributed by atoms with E-state index in [-0.39, 0.29) is 12.0 Å². The minimum atomic E-state index is -0.107. The summed E-state index contributed by atoms with van der Waals surface area (Å²) < 4.78 is 4.79. The Morgan fingerprint density at radius 2 is 2.31 bits per heavy atom. The highest BCUT2D eigenvalue weighted by molar-refractivity contribution is 5.76. The molecule has 0 aromatic carbocycles. The molecule has 3 unspecified atom stereocenters. The Balaban J connectivity index is 2.12. The third kappa shape index (κ3) is 1.34. The van der Waals surface area contributed by atoms with Crippen molar-refractivity contribution in [3.8, 4) is 0 Å². The molecule has 74 valence electrons. The van der Waals surface area contributed by atoms with Crippen LogP contribution in [0, 0.1) is 5.92 Å². The van der Waals surface area contributed by atoms with Crippen LogP contribution in [0.4, 0.5) is 0 Å². The zero-order chi connectivity index (χ0) is 9.42. The number of ether oxygens (including phenoxy) is 1. The van der Waals surface area contributed by atoms with Gasteiger partial charge in [-0.1, -0.05) is 6.42 Å². The summed E-state index contributed by atoms with van der Waals surface area (Å²) in [5.41, 5.74) is 3.31. The van der Waals surface area contributed by atoms with E-state index < -0.39 is 0 Å². The molecule has 0 bridgehead atoms. The van der Waals surface area contributed by atoms with Crippen LogP contribution < -0.4 is 5.43 Å². The van der Waals surface area contributed by atoms with Crippen LogP contribution in [0.3, 0.4) is 0 Å². The van der Waals surface area contributed by atoms with Gasteiger partial charge in [0.1, 0.15) is 6.04 Å². The van der Waals surface area contributed by atoms with Gasteiger partial charge in [0.25, 0.3) is 0 Å². The van der Waals surface area contributed by atoms with Crippen molar-refractivity contribution in [3.05, 3.63) is 0 Å². The van der Waals surface area contributed by atoms with Crippen molar-refractivity contribution in [2.45, 2.75) is 31.3 Å². The van der Waals surface area contributed by atoms with Crippen molar-refractivity contribution in [3.63, 3.8) is 0 Å². The van der Waals surface area contributed by atoms with Crippen molar-refractivity contribution < 1.29 is 9.53 Å². The van der Waals surface area contributed by atoms with Gasteiger partial charge in [-0.05, 0) is 12.8 Å². The molecule has 1 aliphatic heterocycles. The van der Waals surface area contributed by atoms with Crippen LogP contribution in [-0.2, 0) is 9.53 Å². The van der Waals surface area contributed by atoms with Crippen molar-refractivity contribution in [1.29, 1.82) is 0 Å². The van der Waals surface area contributed by atoms with Gasteiger partial charge in [0, 0.05) is 19.0 Å². The summed E-state index contributed by atoms with van der Waals surface area (Å²) in [7, 11) is 3.37. The van der Waals surface area contributed by atoms with Crippen LogP contribution >= 0.6 is 0 Å². The average molecular weight is 184 g/mol. The van der Waals surface area contributed by atoms with Gasteiger partial charge in [0.05, 0.1) is 7.11 Å². The Morgan fingerprint density at radius 1 is 1.54 bits per heavy atom. The molecule has 4 nitrogen and oxygen atoms in total. The molecule has 1 aliphatic carbocycles. The molecule has 1 N–H and O–H groups in total. The lowest BCUT2D eigenvalue weighted by Crippen LogP contribution is -2.41. The molecule has 0 aromatic rings. The second-order valence-electron chi connectivity index (χ2n) is 3.91. The van der Waals surface area contributed by atoms with Crippen molar-refractivity contribution >= 4 is 5.97 Å². The summed E-state index contributed by atoms with van der Waals surface area (Å²) in [5, 5.41) is 1.90. The number of nitrogens with one attached hydrogen (secondary N) is 1. The van der Waals surface area contributed by atoms with Gasteiger partial charge in [-0.15, -0.1) is 0 Å². The molecule has 2 rings (SSSR count). The van der Waals surface area contributed by atoms with Crippen LogP contribution in [0.25, 0.3) is 0 Å². The average Bonchev–Trinajstić information content (AvgIpc) is 2.62. The number of carbonyl (C=O) groups is 1. The Morgan fingerprint density at radius 3 is 3.00 bits per heavy atom. The highest BCUT2D eigenvalue weighted by Gasteiger charge is 2.46. The van der Waals surface area contributed by atoms with E-state index in [0.29, 0.717) is 12.0 Å². The molecule has 0 amide bonds. The van der Waals surface area contributed by atoms with E-state index in [1.165, 1.54) is 20.0 Å². The lowest BCUT2D eigenvalue weighted by molar-refractivity contribution is -0.147. The zero-order valence-corrected chi connectivity index (χ0v) is 8.12. The highest BCUT2D eigenvalue weighted by atomic mass is 16.5. The maximum absolute atomic E-state index is 11.5. The lowest BCUT2D eigenvalue weighted by Gasteiger charge is -2.19. The van der Waals surface area contributed by atoms with Crippen molar-refractivity contribution in [1.82, 2.24) is 10.4 Å². The smallest absolute Gasteiger partial charge is 0.324 e. The largest absolute Gasteiger partial charge is 0.468 e. The number of methoxy groups -OCH3 is 1. The third-order valence-electron chi connectivity index (χ3n) is 3.20. The molecular weight excluding hydrogens is 168 g/mol. The predicted octanol–water partition coefficient (Wildman–Crippen LogP) is 0.147. The Bertz CT molecular complexity index is 220. The first-order chi connectivity index (χ1) is 6.24. The first kappa shape index (κ1) is 8.97. The van der Waals surface area contributed by atoms with Crippen LogP contribution in [0.2, 0.25) is 0 Å². The maximum Gasteiger partial charge on any atom is 0.324 e. The van der Waals surface area contributed by atoms with Gasteiger partial charge in [-0.3, -0.25) is 10.2 Å². The normalized spacial score (nSPS) is 39.1. The molecule has 2 fully saturated rings. The summed E-state index contributed by atoms with van der Waals surface area (Å²) in [6, 6.07) is 0.423. The summed E-state index contributed by atoms with van der Waals surface area (Å²) in [6.07, 6.45) is 3.55. The molecule has 2 aliphatic rings. The molecule has 1 saturated heterocycles. The minimum Gasteiger partial charge on any atom is -0.468 e. The van der Waals surface area contributed by atoms with Crippen LogP contribution in [0.15, 0.2) is 0 Å². The molecular formula is C9H16N2O2. The Hall–Kier alpha value is -0.610. The summed E-state index contributed by atoms with van der Waals surface area (Å²) >= 11 is 0. The lowest BCUT2D eigenvalue weighted by atomic mass is 9.97. The molecule has 0 spiro atoms. The molecule has 13 heavy (non-hydrogen) atoms. The molecule has 3 atom stereocenters. The van der Waals surface area contributed by atoms with E-state index in [1.807, 2.05) is 12.1 Å². The van der Waals surface area contributed by atoms with Gasteiger partial charge < -0.3 is 4.74 Å². The summed E-state index contributed by atoms with van der Waals surface area (Å²) in [6.45, 7) is 0. The Kier molecular flexibility index (Phi) is 2.26. The van der Waals surface area contributed by atoms with Crippen LogP contribution in [0.5, 0.6) is 0 Å². The van der Waals surface area contributed by atoms with E-state index in [9.17, 15) is 4.79 Å². The van der Waals surface area contributed by atoms with Gasteiger partial charge in [-0.25, -0.2) is 5.01 Å². The fourth-order valence-electron chi connectivity index (χ4n) is 2.61. The minimum absolute atomic E-state index is 0.0718. The molecule has 1 saturated carbocycles. The highest BCUT2D eigenvalue weighted by Crippen LogP contribution is 2.35. The SMILES string of the molecule is COC(=O)C1C2CCCC2NN1C. The first-order valence-corrected chi connectivity index (χ1v) is 4.81. The topological polar surface area (TPSA) is 41.6 Å². The van der Waals surface area contributed by atoms with Crippen LogP contribution in [-0.4, -0.2) is 37.2 Å². The quantitative estimate of drug-likeness (QED) is 0.589. The number of rotatable bonds is 1. The van der Waals surface area contributed by atoms with Crippen molar-refractivity contribution in [2.24, 2.45) is 5.92 Å². The third-order valence-corrected chi connectivity index (χ3v) is 3.20. The summed E-state index contributed by atoms with van der Waals surface area (Å²) in [5.74, 6) is 0.349. The number of likely N-dealkylation sites (N-methyl/N-ethyl adjacent to an activating group) is 1. The van der Waals surface area contributed by atoms with Gasteiger partial charge in [-0.2, -0.15) is 0 Å². The number of hydrazine groups is 1. The second kappa shape index (κ2) is 3.27. The number of hydrogen-bond acceptors (Lipinski definition) is 4. The Labute approximate surface area is 78.2 Å². The van der Waals surface area contributed by atoms with Gasteiger partial charge in [0.15, 0.2) is 0 Å². The molecule has 0 radical (unpaired) electrons. The fourth-order valence-corrected chi connectivity index (χ4v) is 2.61. The monoisotopic (exact) mass is 184 g/mol. The van der Waals surface area contributed by atoms with Gasteiger partial charge >= 0.3 is 5.97 Å². The van der Waals surface area contributed by atoms with E-state index >= 15 is 0 Å². The number of nitrogens with zero attached hydrogens (tertiary/aromatic N) is 1. The number of carbonyl (C=O) groups excluding carboxylic acids is 1. The first-order valence-electron chi connectivity index (χ1n) is 4.81. The van der Waals surface area contributed by atoms with E-state index in [0.717, 1.165) is 6.42 Å².